The van der Waals surface area contributed by atoms with Crippen LogP contribution in [-0.2, 0) is 20.7 Å². The minimum atomic E-state index is -0.787. The summed E-state index contributed by atoms with van der Waals surface area (Å²) in [4.78, 5) is 43.6. The number of nitrogens with zero attached hydrogens (tertiary/aromatic N) is 6. The van der Waals surface area contributed by atoms with Crippen molar-refractivity contribution in [3.63, 3.8) is 0 Å². The van der Waals surface area contributed by atoms with E-state index in [-0.39, 0.29) is 44.9 Å². The maximum atomic E-state index is 13.5. The molecule has 0 saturated carbocycles. The summed E-state index contributed by atoms with van der Waals surface area (Å²) in [7, 11) is 1.54. The normalized spacial score (nSPS) is 16.2. The number of fused-ring (bicyclic) bond motifs is 1. The first kappa shape index (κ1) is 28.1. The maximum Gasteiger partial charge on any atom is 0.410 e. The lowest BCUT2D eigenvalue weighted by atomic mass is 10.1. The third-order valence-corrected chi connectivity index (χ3v) is 6.95. The predicted octanol–water partition coefficient (Wildman–Crippen LogP) is 2.15. The van der Waals surface area contributed by atoms with Crippen LogP contribution in [0.25, 0.3) is 5.95 Å². The molecule has 1 atom stereocenters. The average molecular weight is 566 g/mol. The largest absolute Gasteiger partial charge is 0.454 e. The fourth-order valence-electron chi connectivity index (χ4n) is 4.66. The standard InChI is InChI=1S/C28H35N7O6/c1-19(2)21-15-25(32-27(31-21)34-9-8-29-17-34)33-10-11-35(28(37)39-13-12-38-3)22(16-33)26(36)30-7-6-20-4-5-23-24(14-20)41-18-40-23/h4-5,8-9,14-15,17,19,22H,6-7,10-13,16,18H2,1-3H3,(H,30,36). The van der Waals surface area contributed by atoms with E-state index < -0.39 is 12.1 Å². The van der Waals surface area contributed by atoms with Gasteiger partial charge in [-0.1, -0.05) is 19.9 Å². The Hall–Kier alpha value is -4.39. The van der Waals surface area contributed by atoms with E-state index in [1.165, 1.54) is 12.0 Å². The monoisotopic (exact) mass is 565 g/mol. The number of amides is 2. The van der Waals surface area contributed by atoms with E-state index in [9.17, 15) is 9.59 Å². The van der Waals surface area contributed by atoms with Gasteiger partial charge in [-0.3, -0.25) is 14.3 Å². The minimum Gasteiger partial charge on any atom is -0.454 e. The van der Waals surface area contributed by atoms with Gasteiger partial charge >= 0.3 is 6.09 Å². The number of anilines is 1. The number of piperazine rings is 1. The zero-order valence-corrected chi connectivity index (χ0v) is 23.5. The number of hydrogen-bond donors (Lipinski definition) is 1. The van der Waals surface area contributed by atoms with Crippen molar-refractivity contribution in [1.29, 1.82) is 0 Å². The molecule has 13 nitrogen and oxygen atoms in total. The highest BCUT2D eigenvalue weighted by atomic mass is 16.7. The number of ether oxygens (including phenoxy) is 4. The van der Waals surface area contributed by atoms with Crippen LogP contribution in [0.3, 0.4) is 0 Å². The summed E-state index contributed by atoms with van der Waals surface area (Å²) in [6, 6.07) is 6.87. The van der Waals surface area contributed by atoms with Crippen molar-refractivity contribution in [2.24, 2.45) is 0 Å². The molecule has 0 radical (unpaired) electrons. The highest BCUT2D eigenvalue weighted by molar-refractivity contribution is 5.86. The lowest BCUT2D eigenvalue weighted by molar-refractivity contribution is -0.126. The number of carbonyl (C=O) groups is 2. The van der Waals surface area contributed by atoms with Crippen LogP contribution in [0.15, 0.2) is 43.0 Å². The summed E-state index contributed by atoms with van der Waals surface area (Å²) in [5, 5.41) is 3.00. The predicted molar refractivity (Wildman–Crippen MR) is 148 cm³/mol. The molecule has 0 bridgehead atoms. The smallest absolute Gasteiger partial charge is 0.410 e. The lowest BCUT2D eigenvalue weighted by Crippen LogP contribution is -2.61. The van der Waals surface area contributed by atoms with Gasteiger partial charge in [-0.15, -0.1) is 0 Å². The van der Waals surface area contributed by atoms with Crippen molar-refractivity contribution in [3.8, 4) is 17.4 Å². The highest BCUT2D eigenvalue weighted by Gasteiger charge is 2.37. The van der Waals surface area contributed by atoms with Gasteiger partial charge in [-0.05, 0) is 30.0 Å². The van der Waals surface area contributed by atoms with Gasteiger partial charge in [0.2, 0.25) is 18.6 Å². The third-order valence-electron chi connectivity index (χ3n) is 6.95. The molecule has 5 rings (SSSR count). The van der Waals surface area contributed by atoms with Crippen molar-refractivity contribution in [1.82, 2.24) is 29.7 Å². The molecule has 1 N–H and O–H groups in total. The molecule has 1 aromatic carbocycles. The second-order valence-electron chi connectivity index (χ2n) is 10.1. The van der Waals surface area contributed by atoms with Gasteiger partial charge in [0, 0.05) is 51.7 Å². The van der Waals surface area contributed by atoms with Crippen LogP contribution in [-0.4, -0.2) is 95.8 Å². The molecule has 2 aliphatic heterocycles. The summed E-state index contributed by atoms with van der Waals surface area (Å²) in [5.41, 5.74) is 1.87. The van der Waals surface area contributed by atoms with Crippen molar-refractivity contribution >= 4 is 17.8 Å². The molecule has 4 heterocycles. The summed E-state index contributed by atoms with van der Waals surface area (Å²) in [5.74, 6) is 2.47. The van der Waals surface area contributed by atoms with Crippen LogP contribution >= 0.6 is 0 Å². The Kier molecular flexibility index (Phi) is 8.82. The Bertz CT molecular complexity index is 1350. The second kappa shape index (κ2) is 12.9. The zero-order valence-electron chi connectivity index (χ0n) is 23.5. The van der Waals surface area contributed by atoms with Crippen LogP contribution in [0, 0.1) is 0 Å². The lowest BCUT2D eigenvalue weighted by Gasteiger charge is -2.40. The van der Waals surface area contributed by atoms with Gasteiger partial charge < -0.3 is 29.2 Å². The fourth-order valence-corrected chi connectivity index (χ4v) is 4.66. The summed E-state index contributed by atoms with van der Waals surface area (Å²) >= 11 is 0. The molecule has 13 heteroatoms. The number of imidazole rings is 1. The van der Waals surface area contributed by atoms with Crippen molar-refractivity contribution in [2.75, 3.05) is 58.2 Å². The van der Waals surface area contributed by atoms with Gasteiger partial charge in [0.1, 0.15) is 24.8 Å². The molecule has 0 aliphatic carbocycles. The number of hydrogen-bond acceptors (Lipinski definition) is 10. The Labute approximate surface area is 238 Å². The number of aromatic nitrogens is 4. The van der Waals surface area contributed by atoms with E-state index in [0.29, 0.717) is 42.8 Å². The number of nitrogens with one attached hydrogen (secondary N) is 1. The number of benzene rings is 1. The van der Waals surface area contributed by atoms with E-state index >= 15 is 0 Å². The maximum absolute atomic E-state index is 13.5. The van der Waals surface area contributed by atoms with E-state index in [1.54, 1.807) is 23.3 Å². The molecule has 1 fully saturated rings. The van der Waals surface area contributed by atoms with Gasteiger partial charge in [0.25, 0.3) is 0 Å². The van der Waals surface area contributed by atoms with Crippen LogP contribution in [0.2, 0.25) is 0 Å². The molecule has 1 saturated heterocycles. The van der Waals surface area contributed by atoms with Crippen LogP contribution < -0.4 is 19.7 Å². The fraction of sp³-hybridized carbons (Fsp3) is 0.464. The number of rotatable bonds is 10. The van der Waals surface area contributed by atoms with E-state index in [2.05, 4.69) is 24.1 Å². The number of methoxy groups -OCH3 is 1. The molecule has 3 aromatic rings. The van der Waals surface area contributed by atoms with Gasteiger partial charge in [-0.25, -0.2) is 14.8 Å². The van der Waals surface area contributed by atoms with Gasteiger partial charge in [0.05, 0.1) is 12.3 Å². The third kappa shape index (κ3) is 6.68. The first-order valence-electron chi connectivity index (χ1n) is 13.6. The molecule has 41 heavy (non-hydrogen) atoms. The highest BCUT2D eigenvalue weighted by Crippen LogP contribution is 2.32. The Morgan fingerprint density at radius 2 is 1.98 bits per heavy atom. The number of carbonyl (C=O) groups excluding carboxylic acids is 2. The first-order chi connectivity index (χ1) is 19.9. The van der Waals surface area contributed by atoms with Crippen LogP contribution in [0.5, 0.6) is 11.5 Å². The summed E-state index contributed by atoms with van der Waals surface area (Å²) in [6.07, 6.45) is 5.14. The van der Waals surface area contributed by atoms with Crippen molar-refractivity contribution < 1.29 is 28.5 Å². The molecule has 2 aliphatic rings. The average Bonchev–Trinajstić information content (AvgIpc) is 3.69. The van der Waals surface area contributed by atoms with Crippen LogP contribution in [0.4, 0.5) is 10.6 Å². The molecule has 218 valence electrons. The van der Waals surface area contributed by atoms with Gasteiger partial charge in [0.15, 0.2) is 11.5 Å². The Balaban J connectivity index is 1.32. The van der Waals surface area contributed by atoms with E-state index in [1.807, 2.05) is 29.2 Å². The molecule has 2 aromatic heterocycles. The topological polar surface area (TPSA) is 133 Å². The van der Waals surface area contributed by atoms with Crippen molar-refractivity contribution in [2.45, 2.75) is 32.2 Å². The Morgan fingerprint density at radius 1 is 1.12 bits per heavy atom. The van der Waals surface area contributed by atoms with E-state index in [4.69, 9.17) is 28.9 Å². The molecule has 0 spiro atoms. The zero-order chi connectivity index (χ0) is 28.8. The summed E-state index contributed by atoms with van der Waals surface area (Å²) < 4.78 is 23.0. The SMILES string of the molecule is COCCOC(=O)N1CCN(c2cc(C(C)C)nc(-n3ccnc3)n2)CC1C(=O)NCCc1ccc2c(c1)OCO2. The first-order valence-corrected chi connectivity index (χ1v) is 13.6. The quantitative estimate of drug-likeness (QED) is 0.365. The molecular formula is C28H35N7O6. The molecule has 2 amide bonds. The minimum absolute atomic E-state index is 0.103. The summed E-state index contributed by atoms with van der Waals surface area (Å²) in [6.45, 7) is 6.09. The molecular weight excluding hydrogens is 530 g/mol. The van der Waals surface area contributed by atoms with Crippen LogP contribution in [0.1, 0.15) is 31.0 Å². The molecule has 1 unspecified atom stereocenters. The second-order valence-corrected chi connectivity index (χ2v) is 10.1. The Morgan fingerprint density at radius 3 is 2.76 bits per heavy atom. The van der Waals surface area contributed by atoms with Gasteiger partial charge in [-0.2, -0.15) is 4.98 Å². The van der Waals surface area contributed by atoms with E-state index in [0.717, 1.165) is 11.3 Å². The van der Waals surface area contributed by atoms with Crippen molar-refractivity contribution in [3.05, 3.63) is 54.2 Å².